The Morgan fingerprint density at radius 3 is 2.55 bits per heavy atom. The van der Waals surface area contributed by atoms with E-state index in [2.05, 4.69) is 0 Å². The third kappa shape index (κ3) is 2.52. The Kier molecular flexibility index (Phi) is 3.29. The fraction of sp³-hybridized carbons (Fsp3) is 0.231. The van der Waals surface area contributed by atoms with Gasteiger partial charge in [0.2, 0.25) is 5.43 Å². The molecule has 0 radical (unpaired) electrons. The van der Waals surface area contributed by atoms with Crippen molar-refractivity contribution in [3.05, 3.63) is 45.7 Å². The number of alkyl halides is 3. The molecule has 0 saturated heterocycles. The molecule has 1 N–H and O–H groups in total. The summed E-state index contributed by atoms with van der Waals surface area (Å²) in [5, 5.41) is 8.89. The molecule has 1 aromatic carbocycles. The second-order valence-electron chi connectivity index (χ2n) is 4.39. The maximum atomic E-state index is 12.6. The van der Waals surface area contributed by atoms with Crippen LogP contribution in [-0.2, 0) is 6.54 Å². The van der Waals surface area contributed by atoms with Gasteiger partial charge in [-0.3, -0.25) is 4.79 Å². The first-order chi connectivity index (χ1) is 9.20. The average molecular weight is 285 g/mol. The molecule has 0 unspecified atom stereocenters. The zero-order valence-electron chi connectivity index (χ0n) is 10.4. The predicted octanol–water partition coefficient (Wildman–Crippen LogP) is 2.57. The molecule has 1 aromatic heterocycles. The first-order valence-corrected chi connectivity index (χ1v) is 5.63. The van der Waals surface area contributed by atoms with Gasteiger partial charge in [0.15, 0.2) is 0 Å². The highest BCUT2D eigenvalue weighted by Crippen LogP contribution is 2.23. The first kappa shape index (κ1) is 14.1. The van der Waals surface area contributed by atoms with Crippen molar-refractivity contribution < 1.29 is 23.1 Å². The lowest BCUT2D eigenvalue weighted by atomic mass is 10.1. The Balaban J connectivity index is 2.87. The van der Waals surface area contributed by atoms with E-state index in [-0.39, 0.29) is 10.9 Å². The topological polar surface area (TPSA) is 59.3 Å². The van der Waals surface area contributed by atoms with E-state index in [0.717, 1.165) is 10.8 Å². The highest BCUT2D eigenvalue weighted by Gasteiger charge is 2.29. The number of rotatable bonds is 2. The summed E-state index contributed by atoms with van der Waals surface area (Å²) in [6, 6.07) is 4.39. The van der Waals surface area contributed by atoms with Gasteiger partial charge in [0.1, 0.15) is 12.1 Å². The number of fused-ring (bicyclic) bond motifs is 1. The molecule has 0 fully saturated rings. The van der Waals surface area contributed by atoms with Gasteiger partial charge in [0, 0.05) is 11.6 Å². The molecular formula is C13H10F3NO3. The van der Waals surface area contributed by atoms with Crippen LogP contribution in [0.25, 0.3) is 10.9 Å². The Morgan fingerprint density at radius 1 is 1.35 bits per heavy atom. The monoisotopic (exact) mass is 285 g/mol. The largest absolute Gasteiger partial charge is 0.477 e. The standard InChI is InChI=1S/C13H10F3NO3/c1-7-3-2-4-8-10(7)17(6-13(14,15)16)5-9(11(8)18)12(19)20/h2-5H,6H2,1H3,(H,19,20). The average Bonchev–Trinajstić information content (AvgIpc) is 2.30. The minimum Gasteiger partial charge on any atom is -0.477 e. The van der Waals surface area contributed by atoms with Crippen LogP contribution in [0, 0.1) is 6.92 Å². The number of carboxylic acid groups (broad SMARTS) is 1. The number of hydrogen-bond donors (Lipinski definition) is 1. The van der Waals surface area contributed by atoms with Gasteiger partial charge in [-0.1, -0.05) is 12.1 Å². The fourth-order valence-corrected chi connectivity index (χ4v) is 2.12. The fourth-order valence-electron chi connectivity index (χ4n) is 2.12. The van der Waals surface area contributed by atoms with Crippen LogP contribution >= 0.6 is 0 Å². The molecule has 2 aromatic rings. The van der Waals surface area contributed by atoms with Crippen molar-refractivity contribution in [3.63, 3.8) is 0 Å². The minimum atomic E-state index is -4.51. The van der Waals surface area contributed by atoms with Crippen LogP contribution in [-0.4, -0.2) is 21.8 Å². The number of carbonyl (C=O) groups is 1. The van der Waals surface area contributed by atoms with Crippen LogP contribution in [0.2, 0.25) is 0 Å². The van der Waals surface area contributed by atoms with E-state index in [1.165, 1.54) is 12.1 Å². The smallest absolute Gasteiger partial charge is 0.406 e. The van der Waals surface area contributed by atoms with Gasteiger partial charge in [-0.25, -0.2) is 4.79 Å². The molecule has 7 heteroatoms. The Morgan fingerprint density at radius 2 is 2.00 bits per heavy atom. The zero-order chi connectivity index (χ0) is 15.1. The summed E-state index contributed by atoms with van der Waals surface area (Å²) in [5.74, 6) is -1.55. The molecule has 2 rings (SSSR count). The summed E-state index contributed by atoms with van der Waals surface area (Å²) < 4.78 is 38.5. The van der Waals surface area contributed by atoms with Crippen LogP contribution < -0.4 is 5.43 Å². The van der Waals surface area contributed by atoms with Crippen molar-refractivity contribution in [2.75, 3.05) is 0 Å². The summed E-state index contributed by atoms with van der Waals surface area (Å²) in [4.78, 5) is 22.9. The summed E-state index contributed by atoms with van der Waals surface area (Å²) in [7, 11) is 0. The van der Waals surface area contributed by atoms with Gasteiger partial charge in [-0.2, -0.15) is 13.2 Å². The lowest BCUT2D eigenvalue weighted by molar-refractivity contribution is -0.140. The number of benzene rings is 1. The maximum absolute atomic E-state index is 12.6. The van der Waals surface area contributed by atoms with Crippen LogP contribution in [0.1, 0.15) is 15.9 Å². The maximum Gasteiger partial charge on any atom is 0.406 e. The molecule has 0 bridgehead atoms. The lowest BCUT2D eigenvalue weighted by Crippen LogP contribution is -2.24. The number of para-hydroxylation sites is 1. The molecule has 20 heavy (non-hydrogen) atoms. The molecule has 0 aliphatic heterocycles. The van der Waals surface area contributed by atoms with Crippen molar-refractivity contribution in [1.29, 1.82) is 0 Å². The summed E-state index contributed by atoms with van der Waals surface area (Å²) in [6.07, 6.45) is -3.77. The number of carboxylic acids is 1. The predicted molar refractivity (Wildman–Crippen MR) is 66.0 cm³/mol. The van der Waals surface area contributed by atoms with E-state index in [4.69, 9.17) is 5.11 Å². The highest BCUT2D eigenvalue weighted by atomic mass is 19.4. The Labute approximate surface area is 111 Å². The summed E-state index contributed by atoms with van der Waals surface area (Å²) in [6.45, 7) is 0.212. The van der Waals surface area contributed by atoms with E-state index in [1.54, 1.807) is 13.0 Å². The number of aryl methyl sites for hydroxylation is 1. The van der Waals surface area contributed by atoms with E-state index >= 15 is 0 Å². The number of hydrogen-bond acceptors (Lipinski definition) is 2. The van der Waals surface area contributed by atoms with Crippen LogP contribution in [0.5, 0.6) is 0 Å². The first-order valence-electron chi connectivity index (χ1n) is 5.63. The zero-order valence-corrected chi connectivity index (χ0v) is 10.4. The van der Waals surface area contributed by atoms with Crippen LogP contribution in [0.4, 0.5) is 13.2 Å². The van der Waals surface area contributed by atoms with Crippen LogP contribution in [0.3, 0.4) is 0 Å². The Hall–Kier alpha value is -2.31. The van der Waals surface area contributed by atoms with E-state index in [0.29, 0.717) is 5.56 Å². The van der Waals surface area contributed by atoms with E-state index < -0.39 is 29.7 Å². The minimum absolute atomic E-state index is 0.0332. The van der Waals surface area contributed by atoms with Gasteiger partial charge in [-0.15, -0.1) is 0 Å². The molecule has 1 heterocycles. The molecule has 0 amide bonds. The SMILES string of the molecule is Cc1cccc2c(=O)c(C(=O)O)cn(CC(F)(F)F)c12. The molecule has 106 valence electrons. The normalized spacial score (nSPS) is 11.8. The molecule has 0 spiro atoms. The van der Waals surface area contributed by atoms with Crippen molar-refractivity contribution in [2.45, 2.75) is 19.6 Å². The van der Waals surface area contributed by atoms with Gasteiger partial charge >= 0.3 is 12.1 Å². The highest BCUT2D eigenvalue weighted by molar-refractivity contribution is 5.93. The van der Waals surface area contributed by atoms with Gasteiger partial charge in [0.25, 0.3) is 0 Å². The second kappa shape index (κ2) is 4.66. The molecule has 4 nitrogen and oxygen atoms in total. The third-order valence-corrected chi connectivity index (χ3v) is 2.88. The number of halogens is 3. The van der Waals surface area contributed by atoms with Crippen molar-refractivity contribution in [1.82, 2.24) is 4.57 Å². The molecule has 0 atom stereocenters. The molecular weight excluding hydrogens is 275 g/mol. The number of aromatic carboxylic acids is 1. The summed E-state index contributed by atoms with van der Waals surface area (Å²) >= 11 is 0. The van der Waals surface area contributed by atoms with E-state index in [9.17, 15) is 22.8 Å². The third-order valence-electron chi connectivity index (χ3n) is 2.88. The van der Waals surface area contributed by atoms with Crippen molar-refractivity contribution >= 4 is 16.9 Å². The Bertz CT molecular complexity index is 747. The molecule has 0 aliphatic carbocycles. The lowest BCUT2D eigenvalue weighted by Gasteiger charge is -2.15. The quantitative estimate of drug-likeness (QED) is 0.922. The number of aromatic nitrogens is 1. The second-order valence-corrected chi connectivity index (χ2v) is 4.39. The van der Waals surface area contributed by atoms with Crippen molar-refractivity contribution in [3.8, 4) is 0 Å². The van der Waals surface area contributed by atoms with Crippen molar-refractivity contribution in [2.24, 2.45) is 0 Å². The summed E-state index contributed by atoms with van der Waals surface area (Å²) in [5.41, 5.74) is -0.886. The molecule has 0 saturated carbocycles. The van der Waals surface area contributed by atoms with Gasteiger partial charge in [0.05, 0.1) is 5.52 Å². The van der Waals surface area contributed by atoms with Gasteiger partial charge in [-0.05, 0) is 18.6 Å². The van der Waals surface area contributed by atoms with E-state index in [1.807, 2.05) is 0 Å². The van der Waals surface area contributed by atoms with Gasteiger partial charge < -0.3 is 9.67 Å². The molecule has 0 aliphatic rings. The van der Waals surface area contributed by atoms with Crippen LogP contribution in [0.15, 0.2) is 29.2 Å². The number of pyridine rings is 1. The number of nitrogens with zero attached hydrogens (tertiary/aromatic N) is 1.